The fourth-order valence-electron chi connectivity index (χ4n) is 2.37. The zero-order valence-corrected chi connectivity index (χ0v) is 10.5. The van der Waals surface area contributed by atoms with Gasteiger partial charge in [0.05, 0.1) is 5.56 Å². The summed E-state index contributed by atoms with van der Waals surface area (Å²) >= 11 is 0. The van der Waals surface area contributed by atoms with Gasteiger partial charge in [-0.2, -0.15) is 13.2 Å². The van der Waals surface area contributed by atoms with Gasteiger partial charge in [0.1, 0.15) is 0 Å². The van der Waals surface area contributed by atoms with E-state index in [4.69, 9.17) is 0 Å². The van der Waals surface area contributed by atoms with Gasteiger partial charge in [-0.1, -0.05) is 0 Å². The lowest BCUT2D eigenvalue weighted by Crippen LogP contribution is -2.31. The molecule has 2 rings (SSSR count). The highest BCUT2D eigenvalue weighted by molar-refractivity contribution is 5.13. The molecule has 0 spiro atoms. The molecular formula is C13H17F3N2O. The molecule has 0 amide bonds. The summed E-state index contributed by atoms with van der Waals surface area (Å²) in [6.07, 6.45) is -0.600. The molecule has 1 aromatic rings. The van der Waals surface area contributed by atoms with E-state index in [0.717, 1.165) is 55.2 Å². The predicted molar refractivity (Wildman–Crippen MR) is 65.9 cm³/mol. The highest BCUT2D eigenvalue weighted by Gasteiger charge is 2.31. The van der Waals surface area contributed by atoms with Crippen LogP contribution >= 0.6 is 0 Å². The van der Waals surface area contributed by atoms with E-state index in [1.54, 1.807) is 0 Å². The first-order valence-electron chi connectivity index (χ1n) is 6.45. The van der Waals surface area contributed by atoms with Crippen molar-refractivity contribution in [3.05, 3.63) is 34.2 Å². The lowest BCUT2D eigenvalue weighted by molar-refractivity contribution is -0.138. The van der Waals surface area contributed by atoms with E-state index in [0.29, 0.717) is 12.5 Å². The van der Waals surface area contributed by atoms with Crippen LogP contribution in [0.3, 0.4) is 0 Å². The number of alkyl halides is 3. The van der Waals surface area contributed by atoms with Crippen LogP contribution in [0.5, 0.6) is 0 Å². The molecule has 0 bridgehead atoms. The number of aromatic nitrogens is 1. The van der Waals surface area contributed by atoms with E-state index >= 15 is 0 Å². The third-order valence-electron chi connectivity index (χ3n) is 3.49. The van der Waals surface area contributed by atoms with Gasteiger partial charge < -0.3 is 9.88 Å². The maximum atomic E-state index is 12.6. The predicted octanol–water partition coefficient (Wildman–Crippen LogP) is 2.26. The van der Waals surface area contributed by atoms with Crippen molar-refractivity contribution in [1.29, 1.82) is 0 Å². The van der Waals surface area contributed by atoms with Crippen molar-refractivity contribution in [1.82, 2.24) is 9.88 Å². The summed E-state index contributed by atoms with van der Waals surface area (Å²) in [4.78, 5) is 11.6. The molecule has 1 aliphatic rings. The Morgan fingerprint density at radius 2 is 2.16 bits per heavy atom. The van der Waals surface area contributed by atoms with Crippen molar-refractivity contribution in [2.24, 2.45) is 5.92 Å². The number of hydrogen-bond acceptors (Lipinski definition) is 2. The Morgan fingerprint density at radius 3 is 2.79 bits per heavy atom. The van der Waals surface area contributed by atoms with E-state index < -0.39 is 11.7 Å². The number of nitrogens with one attached hydrogen (secondary N) is 1. The summed E-state index contributed by atoms with van der Waals surface area (Å²) in [6.45, 7) is 2.23. The zero-order chi connectivity index (χ0) is 13.9. The van der Waals surface area contributed by atoms with Crippen LogP contribution in [0.1, 0.15) is 24.8 Å². The standard InChI is InChI=1S/C13H17F3N2O/c14-13(15,16)11-3-4-12(19)18(9-11)7-5-10-2-1-6-17-8-10/h3-4,9-10,17H,1-2,5-8H2. The average molecular weight is 274 g/mol. The number of piperidine rings is 1. The quantitative estimate of drug-likeness (QED) is 0.917. The zero-order valence-electron chi connectivity index (χ0n) is 10.5. The molecule has 1 unspecified atom stereocenters. The second-order valence-electron chi connectivity index (χ2n) is 4.95. The molecule has 0 aliphatic carbocycles. The largest absolute Gasteiger partial charge is 0.417 e. The van der Waals surface area contributed by atoms with Gasteiger partial charge in [0, 0.05) is 18.8 Å². The molecule has 1 N–H and O–H groups in total. The number of halogens is 3. The minimum absolute atomic E-state index is 0.342. The Hall–Kier alpha value is -1.30. The normalized spacial score (nSPS) is 20.5. The number of aryl methyl sites for hydroxylation is 1. The van der Waals surface area contributed by atoms with Crippen molar-refractivity contribution in [3.63, 3.8) is 0 Å². The molecule has 0 saturated carbocycles. The summed E-state index contributed by atoms with van der Waals surface area (Å²) in [5, 5.41) is 3.25. The van der Waals surface area contributed by atoms with Gasteiger partial charge in [0.25, 0.3) is 5.56 Å². The second kappa shape index (κ2) is 5.77. The number of rotatable bonds is 3. The van der Waals surface area contributed by atoms with Gasteiger partial charge in [-0.3, -0.25) is 4.79 Å². The topological polar surface area (TPSA) is 34.0 Å². The Balaban J connectivity index is 2.04. The van der Waals surface area contributed by atoms with Gasteiger partial charge in [-0.25, -0.2) is 0 Å². The van der Waals surface area contributed by atoms with Crippen LogP contribution in [0.4, 0.5) is 13.2 Å². The lowest BCUT2D eigenvalue weighted by atomic mass is 9.96. The van der Waals surface area contributed by atoms with Crippen LogP contribution in [0, 0.1) is 5.92 Å². The SMILES string of the molecule is O=c1ccc(C(F)(F)F)cn1CCC1CCCNC1. The molecular weight excluding hydrogens is 257 g/mol. The molecule has 3 nitrogen and oxygen atoms in total. The maximum Gasteiger partial charge on any atom is 0.417 e. The summed E-state index contributed by atoms with van der Waals surface area (Å²) in [5.41, 5.74) is -1.15. The van der Waals surface area contributed by atoms with E-state index in [9.17, 15) is 18.0 Å². The molecule has 1 atom stereocenters. The smallest absolute Gasteiger partial charge is 0.316 e. The van der Waals surface area contributed by atoms with Crippen molar-refractivity contribution in [2.75, 3.05) is 13.1 Å². The molecule has 19 heavy (non-hydrogen) atoms. The first kappa shape index (κ1) is 14.1. The van der Waals surface area contributed by atoms with E-state index in [1.165, 1.54) is 0 Å². The van der Waals surface area contributed by atoms with E-state index in [1.807, 2.05) is 0 Å². The van der Waals surface area contributed by atoms with Gasteiger partial charge in [0.15, 0.2) is 0 Å². The Morgan fingerprint density at radius 1 is 1.37 bits per heavy atom. The van der Waals surface area contributed by atoms with Crippen LogP contribution in [0.25, 0.3) is 0 Å². The van der Waals surface area contributed by atoms with Gasteiger partial charge in [0.2, 0.25) is 0 Å². The molecule has 1 fully saturated rings. The molecule has 1 aromatic heterocycles. The molecule has 0 aromatic carbocycles. The first-order valence-corrected chi connectivity index (χ1v) is 6.45. The average Bonchev–Trinajstić information content (AvgIpc) is 2.37. The van der Waals surface area contributed by atoms with Crippen LogP contribution in [0.2, 0.25) is 0 Å². The van der Waals surface area contributed by atoms with E-state index in [-0.39, 0.29) is 5.56 Å². The molecule has 1 saturated heterocycles. The Kier molecular flexibility index (Phi) is 4.29. The third-order valence-corrected chi connectivity index (χ3v) is 3.49. The van der Waals surface area contributed by atoms with Crippen molar-refractivity contribution < 1.29 is 13.2 Å². The Labute approximate surface area is 109 Å². The highest BCUT2D eigenvalue weighted by atomic mass is 19.4. The van der Waals surface area contributed by atoms with Crippen LogP contribution in [0.15, 0.2) is 23.1 Å². The summed E-state index contributed by atoms with van der Waals surface area (Å²) in [6, 6.07) is 1.82. The molecule has 0 radical (unpaired) electrons. The number of nitrogens with zero attached hydrogens (tertiary/aromatic N) is 1. The fourth-order valence-corrected chi connectivity index (χ4v) is 2.37. The summed E-state index contributed by atoms with van der Waals surface area (Å²) < 4.78 is 38.9. The minimum atomic E-state index is -4.40. The molecule has 106 valence electrons. The summed E-state index contributed by atoms with van der Waals surface area (Å²) in [5.74, 6) is 0.440. The van der Waals surface area contributed by atoms with Crippen LogP contribution < -0.4 is 10.9 Å². The maximum absolute atomic E-state index is 12.6. The third kappa shape index (κ3) is 3.83. The summed E-state index contributed by atoms with van der Waals surface area (Å²) in [7, 11) is 0. The number of pyridine rings is 1. The molecule has 1 aliphatic heterocycles. The number of hydrogen-bond donors (Lipinski definition) is 1. The van der Waals surface area contributed by atoms with Gasteiger partial charge >= 0.3 is 6.18 Å². The Bertz CT molecular complexity index is 476. The minimum Gasteiger partial charge on any atom is -0.316 e. The molecule has 2 heterocycles. The van der Waals surface area contributed by atoms with Crippen molar-refractivity contribution >= 4 is 0 Å². The van der Waals surface area contributed by atoms with Crippen molar-refractivity contribution in [3.8, 4) is 0 Å². The van der Waals surface area contributed by atoms with Crippen molar-refractivity contribution in [2.45, 2.75) is 32.0 Å². The van der Waals surface area contributed by atoms with Crippen LogP contribution in [-0.2, 0) is 12.7 Å². The van der Waals surface area contributed by atoms with Crippen LogP contribution in [-0.4, -0.2) is 17.7 Å². The monoisotopic (exact) mass is 274 g/mol. The first-order chi connectivity index (χ1) is 8.97. The van der Waals surface area contributed by atoms with Gasteiger partial charge in [-0.15, -0.1) is 0 Å². The molecule has 6 heteroatoms. The van der Waals surface area contributed by atoms with E-state index in [2.05, 4.69) is 5.32 Å². The fraction of sp³-hybridized carbons (Fsp3) is 0.615. The van der Waals surface area contributed by atoms with Gasteiger partial charge in [-0.05, 0) is 44.3 Å². The highest BCUT2D eigenvalue weighted by Crippen LogP contribution is 2.28. The second-order valence-corrected chi connectivity index (χ2v) is 4.95. The lowest BCUT2D eigenvalue weighted by Gasteiger charge is -2.23.